The van der Waals surface area contributed by atoms with Crippen molar-refractivity contribution in [1.29, 1.82) is 0 Å². The highest BCUT2D eigenvalue weighted by molar-refractivity contribution is 6.09. The zero-order valence-corrected chi connectivity index (χ0v) is 28.2. The minimum Gasteiger partial charge on any atom is -0.482 e. The molecular weight excluding hydrogens is 651 g/mol. The number of hydrogen-bond donors (Lipinski definition) is 0. The monoisotopic (exact) mass is 689 g/mol. The van der Waals surface area contributed by atoms with Gasteiger partial charge in [0.2, 0.25) is 0 Å². The van der Waals surface area contributed by atoms with Gasteiger partial charge in [0, 0.05) is 41.3 Å². The number of fused-ring (bicyclic) bond motifs is 6. The maximum Gasteiger partial charge on any atom is 0.167 e. The first-order valence-electron chi connectivity index (χ1n) is 20.4. The Hall–Kier alpha value is -6.85. The van der Waals surface area contributed by atoms with E-state index in [0.717, 1.165) is 55.3 Å². The Morgan fingerprint density at radius 3 is 1.79 bits per heavy atom. The second-order valence-corrected chi connectivity index (χ2v) is 13.1. The van der Waals surface area contributed by atoms with Crippen LogP contribution in [-0.4, -0.2) is 15.0 Å². The van der Waals surface area contributed by atoms with Crippen LogP contribution < -0.4 is 4.74 Å². The number of aromatic nitrogens is 3. The first kappa shape index (κ1) is 25.2. The van der Waals surface area contributed by atoms with Gasteiger partial charge >= 0.3 is 0 Å². The zero-order valence-electron chi connectivity index (χ0n) is 34.2. The van der Waals surface area contributed by atoms with Gasteiger partial charge in [-0.25, -0.2) is 15.0 Å². The second kappa shape index (κ2) is 12.1. The molecule has 1 aliphatic heterocycles. The number of rotatable bonds is 5. The summed E-state index contributed by atoms with van der Waals surface area (Å²) >= 11 is 0. The minimum atomic E-state index is -2.99. The topological polar surface area (TPSA) is 61.0 Å². The van der Waals surface area contributed by atoms with Crippen LogP contribution in [0.2, 0.25) is 0 Å². The normalized spacial score (nSPS) is 15.2. The maximum atomic E-state index is 8.40. The standard InChI is InChI=1S/C48H33N3O2/c1-48(2)40-19-8-6-15-38(40)43-35(16-11-21-42(43)53-48)32-24-28-34(29-25-32)46-49-45(33-26-22-31(23-27-33)30-12-4-3-5-13-30)50-47(51-46)39-18-10-17-37-36-14-7-9-20-41(36)52-44(37)39/h3-29H,1-2H3/i1D3,2D3. The molecule has 0 radical (unpaired) electrons. The van der Waals surface area contributed by atoms with Crippen LogP contribution in [0.1, 0.15) is 27.5 Å². The third kappa shape index (κ3) is 5.28. The molecule has 0 bridgehead atoms. The summed E-state index contributed by atoms with van der Waals surface area (Å²) in [7, 11) is 0. The van der Waals surface area contributed by atoms with Gasteiger partial charge in [-0.15, -0.1) is 0 Å². The van der Waals surface area contributed by atoms with Crippen molar-refractivity contribution < 1.29 is 17.4 Å². The van der Waals surface area contributed by atoms with Crippen molar-refractivity contribution in [2.75, 3.05) is 0 Å². The smallest absolute Gasteiger partial charge is 0.167 e. The molecule has 0 amide bonds. The van der Waals surface area contributed by atoms with E-state index in [0.29, 0.717) is 34.2 Å². The van der Waals surface area contributed by atoms with Gasteiger partial charge in [-0.1, -0.05) is 146 Å². The first-order valence-corrected chi connectivity index (χ1v) is 17.4. The van der Waals surface area contributed by atoms with Crippen molar-refractivity contribution in [2.45, 2.75) is 19.3 Å². The average Bonchev–Trinajstić information content (AvgIpc) is 3.64. The number of benzene rings is 7. The Bertz CT molecular complexity index is 3040. The van der Waals surface area contributed by atoms with Crippen LogP contribution in [0.4, 0.5) is 0 Å². The van der Waals surface area contributed by atoms with Gasteiger partial charge in [-0.05, 0) is 59.7 Å². The Morgan fingerprint density at radius 2 is 1.02 bits per heavy atom. The summed E-state index contributed by atoms with van der Waals surface area (Å²) in [6, 6.07) is 52.0. The van der Waals surface area contributed by atoms with E-state index >= 15 is 0 Å². The molecule has 0 N–H and O–H groups in total. The van der Waals surface area contributed by atoms with Crippen molar-refractivity contribution >= 4 is 21.9 Å². The SMILES string of the molecule is [2H]C([2H])([2H])C1(C([2H])([2H])[2H])Oc2cccc(-c3ccc(-c4nc(-c5ccc(-c6ccccc6)cc5)nc(-c5cccc6c5oc5ccccc56)n4)cc3)c2-c2ccccc21. The molecule has 7 aromatic carbocycles. The number of para-hydroxylation sites is 2. The molecule has 0 saturated carbocycles. The predicted octanol–water partition coefficient (Wildman–Crippen LogP) is 12.4. The fourth-order valence-electron chi connectivity index (χ4n) is 7.28. The van der Waals surface area contributed by atoms with Crippen molar-refractivity contribution in [1.82, 2.24) is 15.0 Å². The van der Waals surface area contributed by atoms with Crippen LogP contribution in [0.5, 0.6) is 5.75 Å². The van der Waals surface area contributed by atoms with Gasteiger partial charge in [-0.2, -0.15) is 0 Å². The molecule has 0 saturated heterocycles. The summed E-state index contributed by atoms with van der Waals surface area (Å²) < 4.78 is 63.0. The summed E-state index contributed by atoms with van der Waals surface area (Å²) in [5, 5.41) is 1.97. The van der Waals surface area contributed by atoms with Crippen LogP contribution in [0.25, 0.3) is 89.5 Å². The fraction of sp³-hybridized carbons (Fsp3) is 0.0625. The highest BCUT2D eigenvalue weighted by Crippen LogP contribution is 2.49. The van der Waals surface area contributed by atoms with E-state index in [1.165, 1.54) is 6.07 Å². The Labute approximate surface area is 315 Å². The highest BCUT2D eigenvalue weighted by Gasteiger charge is 2.33. The molecule has 9 aromatic rings. The molecule has 0 fully saturated rings. The molecule has 5 heteroatoms. The summed E-state index contributed by atoms with van der Waals surface area (Å²) in [5.74, 6) is 1.60. The van der Waals surface area contributed by atoms with Crippen molar-refractivity contribution in [3.63, 3.8) is 0 Å². The molecule has 2 aromatic heterocycles. The van der Waals surface area contributed by atoms with Gasteiger partial charge in [-0.3, -0.25) is 0 Å². The lowest BCUT2D eigenvalue weighted by molar-refractivity contribution is 0.106. The van der Waals surface area contributed by atoms with Crippen LogP contribution in [0.3, 0.4) is 0 Å². The lowest BCUT2D eigenvalue weighted by Gasteiger charge is -2.35. The van der Waals surface area contributed by atoms with E-state index < -0.39 is 19.3 Å². The van der Waals surface area contributed by atoms with Crippen LogP contribution in [0, 0.1) is 0 Å². The molecule has 0 unspecified atom stereocenters. The van der Waals surface area contributed by atoms with Crippen molar-refractivity contribution in [2.24, 2.45) is 0 Å². The lowest BCUT2D eigenvalue weighted by atomic mass is 9.83. The maximum absolute atomic E-state index is 8.40. The van der Waals surface area contributed by atoms with Gasteiger partial charge in [0.1, 0.15) is 22.5 Å². The van der Waals surface area contributed by atoms with E-state index in [4.69, 9.17) is 32.3 Å². The van der Waals surface area contributed by atoms with Crippen molar-refractivity contribution in [3.8, 4) is 73.3 Å². The number of ether oxygens (including phenoxy) is 1. The van der Waals surface area contributed by atoms with Crippen molar-refractivity contribution in [3.05, 3.63) is 169 Å². The quantitative estimate of drug-likeness (QED) is 0.180. The molecular formula is C48H33N3O2. The van der Waals surface area contributed by atoms with Gasteiger partial charge < -0.3 is 9.15 Å². The van der Waals surface area contributed by atoms with E-state index in [9.17, 15) is 0 Å². The molecule has 1 aliphatic rings. The van der Waals surface area contributed by atoms with Crippen LogP contribution in [0.15, 0.2) is 168 Å². The summed E-state index contributed by atoms with van der Waals surface area (Å²) in [6.45, 7) is -5.99. The van der Waals surface area contributed by atoms with E-state index in [1.54, 1.807) is 30.3 Å². The van der Waals surface area contributed by atoms with Crippen LogP contribution >= 0.6 is 0 Å². The minimum absolute atomic E-state index is 0.0955. The molecule has 0 aliphatic carbocycles. The van der Waals surface area contributed by atoms with Gasteiger partial charge in [0.25, 0.3) is 0 Å². The van der Waals surface area contributed by atoms with Gasteiger partial charge in [0.05, 0.1) is 5.56 Å². The lowest BCUT2D eigenvalue weighted by Crippen LogP contribution is -2.29. The number of furan rings is 1. The molecule has 10 rings (SSSR count). The van der Waals surface area contributed by atoms with E-state index in [1.807, 2.05) is 103 Å². The third-order valence-electron chi connectivity index (χ3n) is 9.85. The molecule has 0 spiro atoms. The zero-order chi connectivity index (χ0) is 40.5. The fourth-order valence-corrected chi connectivity index (χ4v) is 7.28. The Kier molecular flexibility index (Phi) is 5.76. The molecule has 252 valence electrons. The van der Waals surface area contributed by atoms with E-state index in [-0.39, 0.29) is 11.3 Å². The summed E-state index contributed by atoms with van der Waals surface area (Å²) in [6.07, 6.45) is 0. The highest BCUT2D eigenvalue weighted by atomic mass is 16.5. The van der Waals surface area contributed by atoms with E-state index in [2.05, 4.69) is 24.3 Å². The Balaban J connectivity index is 1.09. The Morgan fingerprint density at radius 1 is 0.453 bits per heavy atom. The second-order valence-electron chi connectivity index (χ2n) is 13.1. The average molecular weight is 690 g/mol. The molecule has 0 atom stereocenters. The molecule has 5 nitrogen and oxygen atoms in total. The summed E-state index contributed by atoms with van der Waals surface area (Å²) in [5.41, 5.74) is 6.14. The van der Waals surface area contributed by atoms with Crippen LogP contribution in [-0.2, 0) is 5.60 Å². The largest absolute Gasteiger partial charge is 0.482 e. The number of nitrogens with zero attached hydrogens (tertiary/aromatic N) is 3. The molecule has 3 heterocycles. The van der Waals surface area contributed by atoms with Gasteiger partial charge in [0.15, 0.2) is 17.5 Å². The predicted molar refractivity (Wildman–Crippen MR) is 213 cm³/mol. The molecule has 53 heavy (non-hydrogen) atoms. The summed E-state index contributed by atoms with van der Waals surface area (Å²) in [4.78, 5) is 15.1. The number of hydrogen-bond acceptors (Lipinski definition) is 5. The first-order chi connectivity index (χ1) is 28.5. The third-order valence-corrected chi connectivity index (χ3v) is 9.85.